The molecule has 0 unspecified atom stereocenters. The number of aromatic nitrogens is 6. The maximum Gasteiger partial charge on any atom is 0.197 e. The van der Waals surface area contributed by atoms with Crippen molar-refractivity contribution in [1.82, 2.24) is 34.7 Å². The van der Waals surface area contributed by atoms with E-state index in [1.54, 1.807) is 23.0 Å². The summed E-state index contributed by atoms with van der Waals surface area (Å²) >= 11 is 1.78. The van der Waals surface area contributed by atoms with Crippen LogP contribution >= 0.6 is 11.3 Å². The van der Waals surface area contributed by atoms with Crippen molar-refractivity contribution in [1.29, 1.82) is 0 Å². The smallest absolute Gasteiger partial charge is 0.197 e. The normalized spacial score (nSPS) is 19.3. The lowest BCUT2D eigenvalue weighted by atomic mass is 9.73. The standard InChI is InChI=1S/C26H32N8OS/c1-15(2)20-21(18-7-19(35-4)23-27-14-28-34(23)9-18)30-31-22(20)24-29-16(3)25(36-24)33-12-26(13-33)10-32(11-26)8-17-5-6-17/h7,9,14-15,17H,5-6,8,10-13H2,1-4H3,(H,30,31). The molecule has 9 nitrogen and oxygen atoms in total. The van der Waals surface area contributed by atoms with Crippen LogP contribution < -0.4 is 9.64 Å². The molecule has 1 aliphatic carbocycles. The number of aryl methyl sites for hydroxylation is 1. The van der Waals surface area contributed by atoms with Crippen LogP contribution in [0.5, 0.6) is 5.75 Å². The first-order valence-electron chi connectivity index (χ1n) is 12.8. The number of pyridine rings is 1. The maximum absolute atomic E-state index is 5.58. The van der Waals surface area contributed by atoms with Gasteiger partial charge in [0.2, 0.25) is 0 Å². The fourth-order valence-corrected chi connectivity index (χ4v) is 7.14. The number of rotatable bonds is 7. The van der Waals surface area contributed by atoms with Crippen LogP contribution in [0.3, 0.4) is 0 Å². The van der Waals surface area contributed by atoms with Crippen molar-refractivity contribution in [2.24, 2.45) is 11.3 Å². The number of ether oxygens (including phenoxy) is 1. The molecular formula is C26H32N8OS. The Kier molecular flexibility index (Phi) is 4.95. The fourth-order valence-electron chi connectivity index (χ4n) is 6.06. The van der Waals surface area contributed by atoms with E-state index in [2.05, 4.69) is 45.8 Å². The van der Waals surface area contributed by atoms with Crippen LogP contribution in [0.1, 0.15) is 43.9 Å². The van der Waals surface area contributed by atoms with Gasteiger partial charge in [0.1, 0.15) is 16.3 Å². The van der Waals surface area contributed by atoms with Crippen molar-refractivity contribution in [2.45, 2.75) is 39.5 Å². The molecule has 0 atom stereocenters. The molecule has 2 saturated heterocycles. The van der Waals surface area contributed by atoms with Gasteiger partial charge in [-0.2, -0.15) is 10.2 Å². The number of nitrogens with zero attached hydrogens (tertiary/aromatic N) is 7. The number of likely N-dealkylation sites (tertiary alicyclic amines) is 1. The van der Waals surface area contributed by atoms with Gasteiger partial charge >= 0.3 is 0 Å². The van der Waals surface area contributed by atoms with Crippen LogP contribution in [-0.4, -0.2) is 74.5 Å². The van der Waals surface area contributed by atoms with Crippen LogP contribution in [0, 0.1) is 18.3 Å². The summed E-state index contributed by atoms with van der Waals surface area (Å²) in [6.07, 6.45) is 6.37. The van der Waals surface area contributed by atoms with E-state index in [9.17, 15) is 0 Å². The minimum Gasteiger partial charge on any atom is -0.493 e. The Balaban J connectivity index is 1.16. The first kappa shape index (κ1) is 22.2. The summed E-state index contributed by atoms with van der Waals surface area (Å²) < 4.78 is 7.32. The van der Waals surface area contributed by atoms with Crippen molar-refractivity contribution >= 4 is 22.0 Å². The summed E-state index contributed by atoms with van der Waals surface area (Å²) in [5.74, 6) is 1.92. The zero-order chi connectivity index (χ0) is 24.6. The predicted octanol–water partition coefficient (Wildman–Crippen LogP) is 4.22. The fraction of sp³-hybridized carbons (Fsp3) is 0.538. The van der Waals surface area contributed by atoms with Crippen LogP contribution in [0.25, 0.3) is 27.6 Å². The molecule has 0 bridgehead atoms. The van der Waals surface area contributed by atoms with Crippen molar-refractivity contribution in [3.8, 4) is 27.7 Å². The summed E-state index contributed by atoms with van der Waals surface area (Å²) in [4.78, 5) is 14.5. The SMILES string of the molecule is COc1cc(-c2n[nH]c(-c3nc(C)c(N4CC5(CN(CC6CC6)C5)C4)s3)c2C(C)C)cn2ncnc12. The van der Waals surface area contributed by atoms with Crippen LogP contribution in [0.2, 0.25) is 0 Å². The Bertz CT molecular complexity index is 1430. The number of anilines is 1. The minimum absolute atomic E-state index is 0.263. The van der Waals surface area contributed by atoms with Gasteiger partial charge in [0.05, 0.1) is 24.2 Å². The molecule has 3 fully saturated rings. The molecule has 188 valence electrons. The van der Waals surface area contributed by atoms with Crippen LogP contribution in [0.15, 0.2) is 18.6 Å². The van der Waals surface area contributed by atoms with E-state index in [4.69, 9.17) is 14.8 Å². The lowest BCUT2D eigenvalue weighted by Gasteiger charge is -2.61. The summed E-state index contributed by atoms with van der Waals surface area (Å²) in [6.45, 7) is 12.7. The first-order valence-corrected chi connectivity index (χ1v) is 13.7. The van der Waals surface area contributed by atoms with Gasteiger partial charge < -0.3 is 14.5 Å². The van der Waals surface area contributed by atoms with E-state index in [0.29, 0.717) is 16.8 Å². The molecule has 1 saturated carbocycles. The molecule has 7 rings (SSSR count). The Morgan fingerprint density at radius 3 is 2.75 bits per heavy atom. The van der Waals surface area contributed by atoms with E-state index in [1.807, 2.05) is 12.3 Å². The molecule has 1 spiro atoms. The molecule has 6 heterocycles. The second-order valence-corrected chi connectivity index (χ2v) is 12.2. The summed E-state index contributed by atoms with van der Waals surface area (Å²) in [7, 11) is 1.65. The number of methoxy groups -OCH3 is 1. The monoisotopic (exact) mass is 504 g/mol. The third kappa shape index (κ3) is 3.53. The van der Waals surface area contributed by atoms with Crippen LogP contribution in [-0.2, 0) is 0 Å². The highest BCUT2D eigenvalue weighted by Gasteiger charge is 2.52. The van der Waals surface area contributed by atoms with Crippen LogP contribution in [0.4, 0.5) is 5.00 Å². The number of H-pyrrole nitrogens is 1. The third-order valence-electron chi connectivity index (χ3n) is 7.87. The third-order valence-corrected chi connectivity index (χ3v) is 9.11. The number of hydrogen-bond donors (Lipinski definition) is 1. The van der Waals surface area contributed by atoms with E-state index < -0.39 is 0 Å². The minimum atomic E-state index is 0.263. The highest BCUT2D eigenvalue weighted by Crippen LogP contribution is 2.47. The Labute approximate surface area is 214 Å². The van der Waals surface area contributed by atoms with Crippen molar-refractivity contribution < 1.29 is 4.74 Å². The summed E-state index contributed by atoms with van der Waals surface area (Å²) in [5.41, 5.74) is 6.31. The summed E-state index contributed by atoms with van der Waals surface area (Å²) in [5, 5.41) is 14.7. The largest absolute Gasteiger partial charge is 0.493 e. The quantitative estimate of drug-likeness (QED) is 0.403. The lowest BCUT2D eigenvalue weighted by molar-refractivity contribution is -0.0239. The average Bonchev–Trinajstić information content (AvgIpc) is 3.19. The highest BCUT2D eigenvalue weighted by molar-refractivity contribution is 7.19. The van der Waals surface area contributed by atoms with Crippen molar-refractivity contribution in [3.63, 3.8) is 0 Å². The van der Waals surface area contributed by atoms with Gasteiger partial charge in [-0.15, -0.1) is 0 Å². The average molecular weight is 505 g/mol. The topological polar surface area (TPSA) is 87.5 Å². The number of hydrogen-bond acceptors (Lipinski definition) is 8. The molecule has 4 aromatic heterocycles. The zero-order valence-corrected chi connectivity index (χ0v) is 22.1. The van der Waals surface area contributed by atoms with Crippen molar-refractivity contribution in [3.05, 3.63) is 29.8 Å². The Hall–Kier alpha value is -2.98. The number of thiazole rings is 1. The number of fused-ring (bicyclic) bond motifs is 1. The van der Waals surface area contributed by atoms with E-state index in [0.717, 1.165) is 52.2 Å². The molecule has 0 radical (unpaired) electrons. The van der Waals surface area contributed by atoms with Gasteiger partial charge in [-0.3, -0.25) is 5.10 Å². The highest BCUT2D eigenvalue weighted by atomic mass is 32.1. The Morgan fingerprint density at radius 2 is 2.03 bits per heavy atom. The zero-order valence-electron chi connectivity index (χ0n) is 21.3. The molecule has 2 aliphatic heterocycles. The van der Waals surface area contributed by atoms with E-state index in [-0.39, 0.29) is 5.92 Å². The molecule has 0 aromatic carbocycles. The molecule has 0 amide bonds. The second kappa shape index (κ2) is 8.01. The number of nitrogens with one attached hydrogen (secondary N) is 1. The van der Waals surface area contributed by atoms with Gasteiger partial charge in [-0.25, -0.2) is 14.5 Å². The van der Waals surface area contributed by atoms with Crippen molar-refractivity contribution in [2.75, 3.05) is 44.7 Å². The van der Waals surface area contributed by atoms with E-state index >= 15 is 0 Å². The lowest BCUT2D eigenvalue weighted by Crippen LogP contribution is -2.72. The molecule has 3 aliphatic rings. The van der Waals surface area contributed by atoms with E-state index in [1.165, 1.54) is 43.8 Å². The number of aromatic amines is 1. The van der Waals surface area contributed by atoms with Gasteiger partial charge in [-0.1, -0.05) is 25.2 Å². The predicted molar refractivity (Wildman–Crippen MR) is 141 cm³/mol. The molecule has 36 heavy (non-hydrogen) atoms. The Morgan fingerprint density at radius 1 is 1.22 bits per heavy atom. The second-order valence-electron chi connectivity index (χ2n) is 11.2. The first-order chi connectivity index (χ1) is 17.4. The molecule has 1 N–H and O–H groups in total. The van der Waals surface area contributed by atoms with Gasteiger partial charge in [0.15, 0.2) is 11.4 Å². The van der Waals surface area contributed by atoms with Gasteiger partial charge in [-0.05, 0) is 37.7 Å². The van der Waals surface area contributed by atoms with Gasteiger partial charge in [0, 0.05) is 55.5 Å². The molecular weight excluding hydrogens is 472 g/mol. The summed E-state index contributed by atoms with van der Waals surface area (Å²) in [6, 6.07) is 1.99. The maximum atomic E-state index is 5.58. The molecule has 4 aromatic rings. The van der Waals surface area contributed by atoms with Gasteiger partial charge in [0.25, 0.3) is 0 Å². The molecule has 10 heteroatoms.